The molecule has 31 heavy (non-hydrogen) atoms. The molecule has 1 amide bonds. The molecule has 7 N–H and O–H groups in total. The SMILES string of the molecule is NCCCC[C@H](N)C(=O)Nc1ccc(/N=N/c2ccccc2OC(=O)C2CC2)c(N)n1. The van der Waals surface area contributed by atoms with Crippen LogP contribution in [0.15, 0.2) is 46.6 Å². The Kier molecular flexibility index (Phi) is 7.63. The van der Waals surface area contributed by atoms with Crippen LogP contribution in [-0.2, 0) is 9.59 Å². The van der Waals surface area contributed by atoms with Crippen molar-refractivity contribution in [1.82, 2.24) is 4.98 Å². The van der Waals surface area contributed by atoms with Crippen molar-refractivity contribution in [3.05, 3.63) is 36.4 Å². The number of carbonyl (C=O) groups is 2. The van der Waals surface area contributed by atoms with Crippen molar-refractivity contribution in [3.63, 3.8) is 0 Å². The first-order valence-electron chi connectivity index (χ1n) is 10.2. The van der Waals surface area contributed by atoms with Gasteiger partial charge in [-0.15, -0.1) is 10.2 Å². The highest BCUT2D eigenvalue weighted by Crippen LogP contribution is 2.34. The number of aromatic nitrogens is 1. The predicted octanol–water partition coefficient (Wildman–Crippen LogP) is 2.79. The molecule has 10 heteroatoms. The van der Waals surface area contributed by atoms with Crippen LogP contribution in [0.2, 0.25) is 0 Å². The van der Waals surface area contributed by atoms with Crippen molar-refractivity contribution in [1.29, 1.82) is 0 Å². The number of nitrogens with two attached hydrogens (primary N) is 3. The number of nitrogens with zero attached hydrogens (tertiary/aromatic N) is 3. The van der Waals surface area contributed by atoms with Crippen LogP contribution in [0.1, 0.15) is 32.1 Å². The molecule has 0 radical (unpaired) electrons. The van der Waals surface area contributed by atoms with Gasteiger partial charge in [0, 0.05) is 0 Å². The third-order valence-electron chi connectivity index (χ3n) is 4.71. The van der Waals surface area contributed by atoms with E-state index in [-0.39, 0.29) is 29.4 Å². The van der Waals surface area contributed by atoms with Crippen LogP contribution in [0.25, 0.3) is 0 Å². The normalized spacial score (nSPS) is 14.4. The highest BCUT2D eigenvalue weighted by atomic mass is 16.5. The molecule has 1 aliphatic carbocycles. The molecule has 1 heterocycles. The van der Waals surface area contributed by atoms with E-state index >= 15 is 0 Å². The molecule has 1 fully saturated rings. The van der Waals surface area contributed by atoms with E-state index in [1.54, 1.807) is 36.4 Å². The van der Waals surface area contributed by atoms with E-state index < -0.39 is 6.04 Å². The molecule has 0 aliphatic heterocycles. The number of benzene rings is 1. The minimum Gasteiger partial charge on any atom is -0.424 e. The van der Waals surface area contributed by atoms with Gasteiger partial charge in [-0.25, -0.2) is 4.98 Å². The summed E-state index contributed by atoms with van der Waals surface area (Å²) < 4.78 is 5.40. The number of nitrogen functional groups attached to an aromatic ring is 1. The van der Waals surface area contributed by atoms with Crippen LogP contribution in [0.5, 0.6) is 5.75 Å². The van der Waals surface area contributed by atoms with Crippen LogP contribution in [0, 0.1) is 5.92 Å². The number of nitrogens with one attached hydrogen (secondary N) is 1. The Balaban J connectivity index is 1.63. The van der Waals surface area contributed by atoms with Crippen molar-refractivity contribution in [2.75, 3.05) is 17.6 Å². The number of amides is 1. The Morgan fingerprint density at radius 3 is 2.58 bits per heavy atom. The van der Waals surface area contributed by atoms with Crippen LogP contribution in [0.4, 0.5) is 23.0 Å². The summed E-state index contributed by atoms with van der Waals surface area (Å²) in [7, 11) is 0. The van der Waals surface area contributed by atoms with Gasteiger partial charge in [-0.2, -0.15) is 0 Å². The molecule has 3 rings (SSSR count). The van der Waals surface area contributed by atoms with Gasteiger partial charge in [0.1, 0.15) is 17.2 Å². The summed E-state index contributed by atoms with van der Waals surface area (Å²) >= 11 is 0. The lowest BCUT2D eigenvalue weighted by molar-refractivity contribution is -0.135. The van der Waals surface area contributed by atoms with Gasteiger partial charge in [0.25, 0.3) is 0 Å². The zero-order chi connectivity index (χ0) is 22.2. The van der Waals surface area contributed by atoms with Crippen LogP contribution in [0.3, 0.4) is 0 Å². The van der Waals surface area contributed by atoms with Gasteiger partial charge in [0.05, 0.1) is 12.0 Å². The Morgan fingerprint density at radius 2 is 1.87 bits per heavy atom. The molecular formula is C21H27N7O3. The van der Waals surface area contributed by atoms with Crippen molar-refractivity contribution in [3.8, 4) is 5.75 Å². The summed E-state index contributed by atoms with van der Waals surface area (Å²) in [6.45, 7) is 0.565. The summed E-state index contributed by atoms with van der Waals surface area (Å²) in [4.78, 5) is 28.2. The van der Waals surface area contributed by atoms with Gasteiger partial charge >= 0.3 is 5.97 Å². The van der Waals surface area contributed by atoms with Crippen LogP contribution >= 0.6 is 0 Å². The topological polar surface area (TPSA) is 171 Å². The lowest BCUT2D eigenvalue weighted by Crippen LogP contribution is -2.35. The molecule has 1 aromatic carbocycles. The van der Waals surface area contributed by atoms with Crippen LogP contribution in [-0.4, -0.2) is 29.4 Å². The highest BCUT2D eigenvalue weighted by Gasteiger charge is 2.32. The summed E-state index contributed by atoms with van der Waals surface area (Å²) in [5, 5.41) is 10.9. The second-order valence-electron chi connectivity index (χ2n) is 7.34. The van der Waals surface area contributed by atoms with E-state index in [4.69, 9.17) is 21.9 Å². The van der Waals surface area contributed by atoms with Crippen molar-refractivity contribution in [2.45, 2.75) is 38.1 Å². The maximum Gasteiger partial charge on any atom is 0.314 e. The lowest BCUT2D eigenvalue weighted by Gasteiger charge is -2.12. The third-order valence-corrected chi connectivity index (χ3v) is 4.71. The van der Waals surface area contributed by atoms with Gasteiger partial charge in [-0.3, -0.25) is 9.59 Å². The van der Waals surface area contributed by atoms with Gasteiger partial charge in [0.2, 0.25) is 5.91 Å². The molecule has 2 aromatic rings. The number of azo groups is 1. The number of pyridine rings is 1. The van der Waals surface area contributed by atoms with Crippen molar-refractivity contribution < 1.29 is 14.3 Å². The number of anilines is 2. The Bertz CT molecular complexity index is 960. The Morgan fingerprint density at radius 1 is 1.13 bits per heavy atom. The van der Waals surface area contributed by atoms with Crippen molar-refractivity contribution >= 4 is 34.9 Å². The highest BCUT2D eigenvalue weighted by molar-refractivity contribution is 5.94. The molecule has 0 spiro atoms. The van der Waals surface area contributed by atoms with E-state index in [1.807, 2.05) is 0 Å². The number of rotatable bonds is 10. The van der Waals surface area contributed by atoms with Gasteiger partial charge in [0.15, 0.2) is 11.6 Å². The number of ether oxygens (including phenoxy) is 1. The first-order chi connectivity index (χ1) is 15.0. The molecule has 0 bridgehead atoms. The van der Waals surface area contributed by atoms with E-state index in [2.05, 4.69) is 20.5 Å². The van der Waals surface area contributed by atoms with Gasteiger partial charge < -0.3 is 27.3 Å². The molecule has 1 saturated carbocycles. The average Bonchev–Trinajstić information content (AvgIpc) is 3.60. The number of unbranched alkanes of at least 4 members (excludes halogenated alkanes) is 1. The summed E-state index contributed by atoms with van der Waals surface area (Å²) in [6.07, 6.45) is 3.83. The van der Waals surface area contributed by atoms with Crippen molar-refractivity contribution in [2.24, 2.45) is 27.6 Å². The average molecular weight is 425 g/mol. The van der Waals surface area contributed by atoms with E-state index in [9.17, 15) is 9.59 Å². The Labute approximate surface area is 180 Å². The number of esters is 1. The maximum atomic E-state index is 12.2. The quantitative estimate of drug-likeness (QED) is 0.196. The fraction of sp³-hybridized carbons (Fsp3) is 0.381. The first-order valence-corrected chi connectivity index (χ1v) is 10.2. The second kappa shape index (κ2) is 10.6. The molecule has 164 valence electrons. The summed E-state index contributed by atoms with van der Waals surface area (Å²) in [6, 6.07) is 9.36. The third kappa shape index (κ3) is 6.56. The molecule has 10 nitrogen and oxygen atoms in total. The zero-order valence-corrected chi connectivity index (χ0v) is 17.2. The van der Waals surface area contributed by atoms with E-state index in [0.29, 0.717) is 30.1 Å². The monoisotopic (exact) mass is 425 g/mol. The fourth-order valence-corrected chi connectivity index (χ4v) is 2.72. The second-order valence-corrected chi connectivity index (χ2v) is 7.34. The number of hydrogen-bond acceptors (Lipinski definition) is 9. The Hall–Kier alpha value is -3.37. The maximum absolute atomic E-state index is 12.2. The standard InChI is InChI=1S/C21H27N7O3/c22-12-4-3-5-14(23)20(29)26-18-11-10-16(19(24)25-18)28-27-15-6-1-2-7-17(15)31-21(30)13-8-9-13/h1-2,6-7,10-11,13-14H,3-5,8-9,12,22-23H2,(H3,24,25,26,29)/b28-27+/t14-/m0/s1. The van der Waals surface area contributed by atoms with Gasteiger partial charge in [-0.1, -0.05) is 18.6 Å². The lowest BCUT2D eigenvalue weighted by atomic mass is 10.1. The molecular weight excluding hydrogens is 398 g/mol. The minimum atomic E-state index is -0.649. The summed E-state index contributed by atoms with van der Waals surface area (Å²) in [5.41, 5.74) is 18.0. The zero-order valence-electron chi connectivity index (χ0n) is 17.2. The predicted molar refractivity (Wildman–Crippen MR) is 117 cm³/mol. The summed E-state index contributed by atoms with van der Waals surface area (Å²) in [5.74, 6) is 0.0682. The largest absolute Gasteiger partial charge is 0.424 e. The molecule has 1 atom stereocenters. The van der Waals surface area contributed by atoms with Gasteiger partial charge in [-0.05, 0) is 56.5 Å². The first kappa shape index (κ1) is 22.3. The molecule has 1 aliphatic rings. The van der Waals surface area contributed by atoms with E-state index in [1.165, 1.54) is 0 Å². The van der Waals surface area contributed by atoms with E-state index in [0.717, 1.165) is 25.7 Å². The number of hydrogen-bond donors (Lipinski definition) is 4. The fourth-order valence-electron chi connectivity index (χ4n) is 2.72. The van der Waals surface area contributed by atoms with Crippen LogP contribution < -0.4 is 27.3 Å². The number of para-hydroxylation sites is 1. The minimum absolute atomic E-state index is 0.0265. The number of carbonyl (C=O) groups excluding carboxylic acids is 2. The molecule has 0 unspecified atom stereocenters. The molecule has 0 saturated heterocycles. The molecule has 1 aromatic heterocycles. The smallest absolute Gasteiger partial charge is 0.314 e.